The molecule has 25 heavy (non-hydrogen) atoms. The fourth-order valence-corrected chi connectivity index (χ4v) is 3.31. The van der Waals surface area contributed by atoms with Gasteiger partial charge in [0.2, 0.25) is 0 Å². The summed E-state index contributed by atoms with van der Waals surface area (Å²) in [5.41, 5.74) is 1.39. The Hall–Kier alpha value is -2.31. The second-order valence-electron chi connectivity index (χ2n) is 5.44. The molecule has 3 aromatic rings. The monoisotopic (exact) mass is 378 g/mol. The van der Waals surface area contributed by atoms with Crippen LogP contribution in [0.4, 0.5) is 13.9 Å². The van der Waals surface area contributed by atoms with Gasteiger partial charge in [-0.1, -0.05) is 29.8 Å². The van der Waals surface area contributed by atoms with Crippen LogP contribution in [-0.4, -0.2) is 10.9 Å². The van der Waals surface area contributed by atoms with Gasteiger partial charge in [-0.25, -0.2) is 13.8 Å². The van der Waals surface area contributed by atoms with E-state index in [1.165, 1.54) is 17.4 Å². The van der Waals surface area contributed by atoms with Crippen molar-refractivity contribution < 1.29 is 13.6 Å². The summed E-state index contributed by atoms with van der Waals surface area (Å²) in [6, 6.07) is 9.05. The zero-order chi connectivity index (χ0) is 18.0. The molecule has 0 saturated carbocycles. The van der Waals surface area contributed by atoms with Crippen LogP contribution in [-0.2, 0) is 6.42 Å². The number of carbonyl (C=O) groups excluding carboxylic acids is 1. The normalized spacial score (nSPS) is 10.7. The molecule has 0 unspecified atom stereocenters. The van der Waals surface area contributed by atoms with Crippen molar-refractivity contribution in [3.63, 3.8) is 0 Å². The Morgan fingerprint density at radius 3 is 2.64 bits per heavy atom. The minimum absolute atomic E-state index is 0.279. The molecule has 0 aliphatic heterocycles. The number of thiazole rings is 1. The molecular weight excluding hydrogens is 366 g/mol. The predicted molar refractivity (Wildman–Crippen MR) is 95.4 cm³/mol. The van der Waals surface area contributed by atoms with Crippen LogP contribution < -0.4 is 5.32 Å². The number of nitrogens with zero attached hydrogens (tertiary/aromatic N) is 1. The van der Waals surface area contributed by atoms with Crippen LogP contribution in [0.25, 0.3) is 0 Å². The molecule has 3 nitrogen and oxygen atoms in total. The molecule has 1 aromatic heterocycles. The maximum Gasteiger partial charge on any atom is 0.263 e. The standard InChI is InChI=1S/C18H13ClF2N2OS/c1-10-5-6-11(8-13(10)19)7-12-9-22-18(25-12)23-17(24)16-14(20)3-2-4-15(16)21/h2-6,8-9H,7H2,1H3,(H,22,23,24). The minimum atomic E-state index is -0.913. The van der Waals surface area contributed by atoms with E-state index in [-0.39, 0.29) is 5.13 Å². The highest BCUT2D eigenvalue weighted by Crippen LogP contribution is 2.24. The summed E-state index contributed by atoms with van der Waals surface area (Å²) in [5, 5.41) is 3.39. The number of benzene rings is 2. The first kappa shape index (κ1) is 17.5. The fraction of sp³-hybridized carbons (Fsp3) is 0.111. The third kappa shape index (κ3) is 4.03. The van der Waals surface area contributed by atoms with Crippen LogP contribution in [0.1, 0.15) is 26.4 Å². The zero-order valence-corrected chi connectivity index (χ0v) is 14.7. The Bertz CT molecular complexity index is 922. The second kappa shape index (κ2) is 7.29. The van der Waals surface area contributed by atoms with E-state index in [0.29, 0.717) is 11.4 Å². The largest absolute Gasteiger partial charge is 0.298 e. The van der Waals surface area contributed by atoms with Gasteiger partial charge in [-0.3, -0.25) is 10.1 Å². The lowest BCUT2D eigenvalue weighted by molar-refractivity contribution is 0.101. The molecule has 0 saturated heterocycles. The number of aromatic nitrogens is 1. The summed E-state index contributed by atoms with van der Waals surface area (Å²) in [6.07, 6.45) is 2.22. The van der Waals surface area contributed by atoms with E-state index in [2.05, 4.69) is 10.3 Å². The first-order valence-corrected chi connectivity index (χ1v) is 8.58. The summed E-state index contributed by atoms with van der Waals surface area (Å²) < 4.78 is 27.3. The highest BCUT2D eigenvalue weighted by atomic mass is 35.5. The van der Waals surface area contributed by atoms with E-state index in [0.717, 1.165) is 28.1 Å². The number of nitrogens with one attached hydrogen (secondary N) is 1. The molecule has 128 valence electrons. The van der Waals surface area contributed by atoms with Gasteiger partial charge in [0.05, 0.1) is 0 Å². The minimum Gasteiger partial charge on any atom is -0.298 e. The number of hydrogen-bond donors (Lipinski definition) is 1. The van der Waals surface area contributed by atoms with Gasteiger partial charge in [0, 0.05) is 22.5 Å². The van der Waals surface area contributed by atoms with Crippen molar-refractivity contribution in [2.75, 3.05) is 5.32 Å². The van der Waals surface area contributed by atoms with Crippen molar-refractivity contribution in [1.29, 1.82) is 0 Å². The Balaban J connectivity index is 1.73. The van der Waals surface area contributed by atoms with Crippen molar-refractivity contribution in [2.45, 2.75) is 13.3 Å². The van der Waals surface area contributed by atoms with Crippen molar-refractivity contribution in [3.05, 3.63) is 80.8 Å². The topological polar surface area (TPSA) is 42.0 Å². The highest BCUT2D eigenvalue weighted by Gasteiger charge is 2.18. The van der Waals surface area contributed by atoms with Gasteiger partial charge in [0.1, 0.15) is 17.2 Å². The van der Waals surface area contributed by atoms with Crippen molar-refractivity contribution in [1.82, 2.24) is 4.98 Å². The van der Waals surface area contributed by atoms with Gasteiger partial charge < -0.3 is 0 Å². The first-order chi connectivity index (χ1) is 11.9. The van der Waals surface area contributed by atoms with Crippen molar-refractivity contribution in [3.8, 4) is 0 Å². The summed E-state index contributed by atoms with van der Waals surface area (Å²) in [7, 11) is 0. The number of halogens is 3. The van der Waals surface area contributed by atoms with E-state index in [4.69, 9.17) is 11.6 Å². The number of amides is 1. The number of anilines is 1. The number of hydrogen-bond acceptors (Lipinski definition) is 3. The van der Waals surface area contributed by atoms with Crippen molar-refractivity contribution in [2.24, 2.45) is 0 Å². The average Bonchev–Trinajstić information content (AvgIpc) is 2.98. The average molecular weight is 379 g/mol. The van der Waals surface area contributed by atoms with E-state index in [9.17, 15) is 13.6 Å². The molecule has 1 N–H and O–H groups in total. The molecule has 0 atom stereocenters. The van der Waals surface area contributed by atoms with Crippen LogP contribution >= 0.6 is 22.9 Å². The molecule has 3 rings (SSSR count). The van der Waals surface area contributed by atoms with Crippen LogP contribution in [0.2, 0.25) is 5.02 Å². The Labute approximate surface area is 152 Å². The van der Waals surface area contributed by atoms with Gasteiger partial charge >= 0.3 is 0 Å². The molecule has 0 aliphatic rings. The quantitative estimate of drug-likeness (QED) is 0.675. The highest BCUT2D eigenvalue weighted by molar-refractivity contribution is 7.15. The lowest BCUT2D eigenvalue weighted by Gasteiger charge is -2.04. The Morgan fingerprint density at radius 2 is 1.96 bits per heavy atom. The molecule has 7 heteroatoms. The van der Waals surface area contributed by atoms with Gasteiger partial charge in [-0.15, -0.1) is 11.3 Å². The maximum absolute atomic E-state index is 13.6. The fourth-order valence-electron chi connectivity index (χ4n) is 2.27. The Kier molecular flexibility index (Phi) is 5.11. The number of carbonyl (C=O) groups is 1. The molecular formula is C18H13ClF2N2OS. The van der Waals surface area contributed by atoms with E-state index >= 15 is 0 Å². The van der Waals surface area contributed by atoms with Crippen LogP contribution in [0, 0.1) is 18.6 Å². The molecule has 0 spiro atoms. The molecule has 0 radical (unpaired) electrons. The third-order valence-corrected chi connectivity index (χ3v) is 4.90. The third-order valence-electron chi connectivity index (χ3n) is 3.58. The summed E-state index contributed by atoms with van der Waals surface area (Å²) >= 11 is 7.35. The van der Waals surface area contributed by atoms with Crippen LogP contribution in [0.15, 0.2) is 42.6 Å². The lowest BCUT2D eigenvalue weighted by Crippen LogP contribution is -2.15. The second-order valence-corrected chi connectivity index (χ2v) is 6.97. The van der Waals surface area contributed by atoms with E-state index in [1.54, 1.807) is 6.20 Å². The van der Waals surface area contributed by atoms with E-state index in [1.807, 2.05) is 25.1 Å². The summed E-state index contributed by atoms with van der Waals surface area (Å²) in [4.78, 5) is 17.0. The Morgan fingerprint density at radius 1 is 1.24 bits per heavy atom. The van der Waals surface area contributed by atoms with Crippen LogP contribution in [0.5, 0.6) is 0 Å². The molecule has 0 aliphatic carbocycles. The lowest BCUT2D eigenvalue weighted by atomic mass is 10.1. The zero-order valence-electron chi connectivity index (χ0n) is 13.1. The first-order valence-electron chi connectivity index (χ1n) is 7.39. The molecule has 2 aromatic carbocycles. The SMILES string of the molecule is Cc1ccc(Cc2cnc(NC(=O)c3c(F)cccc3F)s2)cc1Cl. The molecule has 1 amide bonds. The molecule has 1 heterocycles. The maximum atomic E-state index is 13.6. The van der Waals surface area contributed by atoms with Gasteiger partial charge in [0.15, 0.2) is 5.13 Å². The number of rotatable bonds is 4. The smallest absolute Gasteiger partial charge is 0.263 e. The van der Waals surface area contributed by atoms with Gasteiger partial charge in [0.25, 0.3) is 5.91 Å². The van der Waals surface area contributed by atoms with Crippen LogP contribution in [0.3, 0.4) is 0 Å². The summed E-state index contributed by atoms with van der Waals surface area (Å²) in [6.45, 7) is 1.92. The number of aryl methyl sites for hydroxylation is 1. The summed E-state index contributed by atoms with van der Waals surface area (Å²) in [5.74, 6) is -2.69. The predicted octanol–water partition coefficient (Wildman–Crippen LogP) is 5.23. The molecule has 0 fully saturated rings. The van der Waals surface area contributed by atoms with Crippen molar-refractivity contribution >= 4 is 34.0 Å². The van der Waals surface area contributed by atoms with E-state index < -0.39 is 23.1 Å². The van der Waals surface area contributed by atoms with Gasteiger partial charge in [-0.05, 0) is 36.2 Å². The molecule has 0 bridgehead atoms. The van der Waals surface area contributed by atoms with Gasteiger partial charge in [-0.2, -0.15) is 0 Å².